The molecular formula is C29H33N3O3. The number of rotatable bonds is 7. The lowest BCUT2D eigenvalue weighted by atomic mass is 10.0. The number of nitrogens with one attached hydrogen (secondary N) is 1. The number of hydrogen-bond donors (Lipinski definition) is 1. The molecule has 0 radical (unpaired) electrons. The Hall–Kier alpha value is -3.51. The zero-order chi connectivity index (χ0) is 24.4. The van der Waals surface area contributed by atoms with E-state index >= 15 is 0 Å². The minimum atomic E-state index is 0.0953. The third-order valence-electron chi connectivity index (χ3n) is 6.99. The second-order valence-electron chi connectivity index (χ2n) is 9.66. The van der Waals surface area contributed by atoms with Crippen molar-refractivity contribution in [3.05, 3.63) is 89.0 Å². The number of benzene rings is 2. The Bertz CT molecular complexity index is 1300. The molecule has 0 saturated carbocycles. The summed E-state index contributed by atoms with van der Waals surface area (Å²) in [7, 11) is 2.10. The molecule has 1 fully saturated rings. The van der Waals surface area contributed by atoms with Crippen LogP contribution in [0, 0.1) is 13.8 Å². The molecule has 1 aliphatic heterocycles. The van der Waals surface area contributed by atoms with Gasteiger partial charge >= 0.3 is 0 Å². The Morgan fingerprint density at radius 3 is 2.63 bits per heavy atom. The van der Waals surface area contributed by atoms with E-state index < -0.39 is 0 Å². The highest BCUT2D eigenvalue weighted by atomic mass is 16.5. The van der Waals surface area contributed by atoms with Gasteiger partial charge in [-0.2, -0.15) is 0 Å². The molecule has 0 spiro atoms. The van der Waals surface area contributed by atoms with Crippen molar-refractivity contribution in [2.75, 3.05) is 20.1 Å². The number of furan rings is 1. The number of aromatic amines is 1. The molecule has 1 saturated heterocycles. The van der Waals surface area contributed by atoms with Crippen molar-refractivity contribution in [3.8, 4) is 5.75 Å². The van der Waals surface area contributed by atoms with Crippen LogP contribution in [-0.2, 0) is 13.1 Å². The van der Waals surface area contributed by atoms with E-state index in [1.807, 2.05) is 29.2 Å². The maximum atomic E-state index is 13.3. The molecule has 4 aromatic rings. The van der Waals surface area contributed by atoms with Crippen molar-refractivity contribution < 1.29 is 13.9 Å². The van der Waals surface area contributed by atoms with Gasteiger partial charge in [0.25, 0.3) is 5.91 Å². The van der Waals surface area contributed by atoms with Crippen LogP contribution in [0.1, 0.15) is 45.6 Å². The molecule has 35 heavy (non-hydrogen) atoms. The molecule has 2 aromatic carbocycles. The first kappa shape index (κ1) is 23.2. The van der Waals surface area contributed by atoms with E-state index in [2.05, 4.69) is 55.0 Å². The smallest absolute Gasteiger partial charge is 0.255 e. The van der Waals surface area contributed by atoms with Crippen LogP contribution in [0.2, 0.25) is 0 Å². The number of carbonyl (C=O) groups excluding carboxylic acids is 1. The third kappa shape index (κ3) is 5.13. The predicted octanol–water partition coefficient (Wildman–Crippen LogP) is 5.69. The van der Waals surface area contributed by atoms with Crippen molar-refractivity contribution >= 4 is 16.8 Å². The normalized spacial score (nSPS) is 14.7. The van der Waals surface area contributed by atoms with Crippen molar-refractivity contribution in [2.45, 2.75) is 45.9 Å². The maximum Gasteiger partial charge on any atom is 0.255 e. The number of para-hydroxylation sites is 1. The summed E-state index contributed by atoms with van der Waals surface area (Å²) in [6.45, 7) is 7.22. The quantitative estimate of drug-likeness (QED) is 0.376. The monoisotopic (exact) mass is 471 g/mol. The van der Waals surface area contributed by atoms with E-state index in [1.54, 1.807) is 12.5 Å². The number of H-pyrrole nitrogens is 1. The molecule has 0 unspecified atom stereocenters. The van der Waals surface area contributed by atoms with Crippen LogP contribution >= 0.6 is 0 Å². The fourth-order valence-electron chi connectivity index (χ4n) is 4.98. The van der Waals surface area contributed by atoms with Gasteiger partial charge in [-0.3, -0.25) is 9.69 Å². The average molecular weight is 472 g/mol. The molecule has 3 heterocycles. The zero-order valence-corrected chi connectivity index (χ0v) is 20.7. The number of nitrogens with zero attached hydrogens (tertiary/aromatic N) is 2. The molecule has 6 nitrogen and oxygen atoms in total. The van der Waals surface area contributed by atoms with Crippen LogP contribution in [0.4, 0.5) is 0 Å². The molecule has 1 N–H and O–H groups in total. The SMILES string of the molecule is Cc1[nH]c2c(C(=O)N3CCC(Oc4cccc(CN(C)Cc5ccoc5)c4)CC3)cccc2c1C. The van der Waals surface area contributed by atoms with Gasteiger partial charge in [0, 0.05) is 55.7 Å². The number of ether oxygens (including phenoxy) is 1. The van der Waals surface area contributed by atoms with Gasteiger partial charge in [-0.1, -0.05) is 24.3 Å². The molecule has 0 aliphatic carbocycles. The van der Waals surface area contributed by atoms with E-state index in [0.29, 0.717) is 13.1 Å². The molecule has 2 aromatic heterocycles. The van der Waals surface area contributed by atoms with Crippen molar-refractivity contribution in [2.24, 2.45) is 0 Å². The van der Waals surface area contributed by atoms with Crippen LogP contribution in [0.3, 0.4) is 0 Å². The maximum absolute atomic E-state index is 13.3. The van der Waals surface area contributed by atoms with Crippen LogP contribution in [0.5, 0.6) is 5.75 Å². The molecule has 0 bridgehead atoms. The highest BCUT2D eigenvalue weighted by Crippen LogP contribution is 2.27. The van der Waals surface area contributed by atoms with E-state index in [-0.39, 0.29) is 12.0 Å². The number of aryl methyl sites for hydroxylation is 2. The Morgan fingerprint density at radius 2 is 1.86 bits per heavy atom. The lowest BCUT2D eigenvalue weighted by molar-refractivity contribution is 0.0597. The van der Waals surface area contributed by atoms with Crippen LogP contribution < -0.4 is 4.74 Å². The number of amides is 1. The predicted molar refractivity (Wildman–Crippen MR) is 138 cm³/mol. The number of fused-ring (bicyclic) bond motifs is 1. The first-order chi connectivity index (χ1) is 17.0. The highest BCUT2D eigenvalue weighted by Gasteiger charge is 2.26. The molecular weight excluding hydrogens is 438 g/mol. The minimum Gasteiger partial charge on any atom is -0.490 e. The summed E-state index contributed by atoms with van der Waals surface area (Å²) in [5.74, 6) is 0.990. The number of piperidine rings is 1. The summed E-state index contributed by atoms with van der Waals surface area (Å²) >= 11 is 0. The van der Waals surface area contributed by atoms with Gasteiger partial charge in [-0.05, 0) is 56.3 Å². The standard InChI is InChI=1S/C29H33N3O3/c1-20-21(2)30-28-26(20)8-5-9-27(28)29(33)32-13-10-24(11-14-32)35-25-7-4-6-22(16-25)17-31(3)18-23-12-15-34-19-23/h4-9,12,15-16,19,24,30H,10-11,13-14,17-18H2,1-3H3. The van der Waals surface area contributed by atoms with E-state index in [9.17, 15) is 4.79 Å². The molecule has 182 valence electrons. The second kappa shape index (κ2) is 10.0. The van der Waals surface area contributed by atoms with Gasteiger partial charge in [0.2, 0.25) is 0 Å². The van der Waals surface area contributed by atoms with Crippen LogP contribution in [0.25, 0.3) is 10.9 Å². The van der Waals surface area contributed by atoms with Crippen LogP contribution in [-0.4, -0.2) is 46.9 Å². The number of aromatic nitrogens is 1. The second-order valence-corrected chi connectivity index (χ2v) is 9.66. The Balaban J connectivity index is 1.17. The summed E-state index contributed by atoms with van der Waals surface area (Å²) in [5.41, 5.74) is 6.40. The fraction of sp³-hybridized carbons (Fsp3) is 0.345. The number of likely N-dealkylation sites (tertiary alicyclic amines) is 1. The first-order valence-corrected chi connectivity index (χ1v) is 12.3. The van der Waals surface area contributed by atoms with Gasteiger partial charge in [0.05, 0.1) is 23.6 Å². The summed E-state index contributed by atoms with van der Waals surface area (Å²) in [4.78, 5) is 20.9. The lowest BCUT2D eigenvalue weighted by Gasteiger charge is -2.32. The molecule has 5 rings (SSSR count). The van der Waals surface area contributed by atoms with E-state index in [1.165, 1.54) is 16.7 Å². The number of carbonyl (C=O) groups is 1. The molecule has 1 amide bonds. The largest absolute Gasteiger partial charge is 0.490 e. The summed E-state index contributed by atoms with van der Waals surface area (Å²) in [5, 5.41) is 1.13. The van der Waals surface area contributed by atoms with Gasteiger partial charge < -0.3 is 19.0 Å². The molecule has 6 heteroatoms. The summed E-state index contributed by atoms with van der Waals surface area (Å²) in [6, 6.07) is 16.3. The summed E-state index contributed by atoms with van der Waals surface area (Å²) < 4.78 is 11.5. The summed E-state index contributed by atoms with van der Waals surface area (Å²) in [6.07, 6.45) is 5.26. The topological polar surface area (TPSA) is 61.7 Å². The third-order valence-corrected chi connectivity index (χ3v) is 6.99. The van der Waals surface area contributed by atoms with Gasteiger partial charge in [-0.15, -0.1) is 0 Å². The number of hydrogen-bond acceptors (Lipinski definition) is 4. The van der Waals surface area contributed by atoms with Crippen molar-refractivity contribution in [3.63, 3.8) is 0 Å². The van der Waals surface area contributed by atoms with E-state index in [4.69, 9.17) is 9.15 Å². The van der Waals surface area contributed by atoms with Gasteiger partial charge in [-0.25, -0.2) is 0 Å². The fourth-order valence-corrected chi connectivity index (χ4v) is 4.98. The molecule has 1 aliphatic rings. The highest BCUT2D eigenvalue weighted by molar-refractivity contribution is 6.06. The zero-order valence-electron chi connectivity index (χ0n) is 20.7. The molecule has 0 atom stereocenters. The first-order valence-electron chi connectivity index (χ1n) is 12.3. The van der Waals surface area contributed by atoms with Crippen LogP contribution in [0.15, 0.2) is 65.5 Å². The van der Waals surface area contributed by atoms with Crippen molar-refractivity contribution in [1.82, 2.24) is 14.8 Å². The Labute approximate surface area is 206 Å². The van der Waals surface area contributed by atoms with Crippen molar-refractivity contribution in [1.29, 1.82) is 0 Å². The Kier molecular flexibility index (Phi) is 6.64. The van der Waals surface area contributed by atoms with E-state index in [0.717, 1.165) is 53.8 Å². The van der Waals surface area contributed by atoms with Gasteiger partial charge in [0.1, 0.15) is 11.9 Å². The minimum absolute atomic E-state index is 0.0953. The lowest BCUT2D eigenvalue weighted by Crippen LogP contribution is -2.41. The van der Waals surface area contributed by atoms with Gasteiger partial charge in [0.15, 0.2) is 0 Å². The average Bonchev–Trinajstić information content (AvgIpc) is 3.47. The Morgan fingerprint density at radius 1 is 1.09 bits per heavy atom.